The number of Topliss-reactive ketones (excluding diaryl/α,β-unsaturated/α-hetero) is 1. The lowest BCUT2D eigenvalue weighted by atomic mass is 9.98. The van der Waals surface area contributed by atoms with Crippen molar-refractivity contribution in [1.82, 2.24) is 0 Å². The molecule has 0 amide bonds. The molecular formula is C10H18O2. The second kappa shape index (κ2) is 4.04. The molecule has 70 valence electrons. The van der Waals surface area contributed by atoms with Crippen LogP contribution >= 0.6 is 0 Å². The Kier molecular flexibility index (Phi) is 3.27. The highest BCUT2D eigenvalue weighted by Gasteiger charge is 2.24. The van der Waals surface area contributed by atoms with Gasteiger partial charge in [0, 0.05) is 5.92 Å². The van der Waals surface area contributed by atoms with Gasteiger partial charge >= 0.3 is 0 Å². The summed E-state index contributed by atoms with van der Waals surface area (Å²) in [7, 11) is 0. The van der Waals surface area contributed by atoms with E-state index in [1.54, 1.807) is 6.92 Å². The third kappa shape index (κ3) is 2.59. The molecule has 0 aromatic rings. The van der Waals surface area contributed by atoms with Gasteiger partial charge in [-0.1, -0.05) is 6.92 Å². The number of carbonyl (C=O) groups is 1. The van der Waals surface area contributed by atoms with Crippen LogP contribution < -0.4 is 0 Å². The zero-order valence-electron chi connectivity index (χ0n) is 8.17. The molecule has 1 saturated heterocycles. The van der Waals surface area contributed by atoms with E-state index in [4.69, 9.17) is 4.74 Å². The van der Waals surface area contributed by atoms with Crippen LogP contribution in [0.25, 0.3) is 0 Å². The first-order valence-corrected chi connectivity index (χ1v) is 4.75. The van der Waals surface area contributed by atoms with Crippen molar-refractivity contribution in [2.75, 3.05) is 0 Å². The average molecular weight is 170 g/mol. The third-order valence-corrected chi connectivity index (χ3v) is 2.63. The molecule has 0 aliphatic carbocycles. The van der Waals surface area contributed by atoms with Gasteiger partial charge in [0.2, 0.25) is 0 Å². The summed E-state index contributed by atoms with van der Waals surface area (Å²) < 4.78 is 5.63. The van der Waals surface area contributed by atoms with Crippen molar-refractivity contribution in [1.29, 1.82) is 0 Å². The summed E-state index contributed by atoms with van der Waals surface area (Å²) in [5, 5.41) is 0. The molecule has 0 saturated carbocycles. The number of rotatable bonds is 3. The fourth-order valence-corrected chi connectivity index (χ4v) is 1.62. The lowest BCUT2D eigenvalue weighted by Crippen LogP contribution is -2.16. The summed E-state index contributed by atoms with van der Waals surface area (Å²) in [4.78, 5) is 11.0. The number of carbonyl (C=O) groups excluding carboxylic acids is 1. The van der Waals surface area contributed by atoms with E-state index < -0.39 is 0 Å². The van der Waals surface area contributed by atoms with Gasteiger partial charge in [-0.2, -0.15) is 0 Å². The summed E-state index contributed by atoms with van der Waals surface area (Å²) in [6.07, 6.45) is 3.90. The molecule has 2 nitrogen and oxygen atoms in total. The van der Waals surface area contributed by atoms with Crippen molar-refractivity contribution < 1.29 is 9.53 Å². The minimum absolute atomic E-state index is 0.167. The van der Waals surface area contributed by atoms with Gasteiger partial charge < -0.3 is 4.74 Å². The molecule has 12 heavy (non-hydrogen) atoms. The first kappa shape index (κ1) is 9.72. The molecule has 0 N–H and O–H groups in total. The highest BCUT2D eigenvalue weighted by atomic mass is 16.5. The standard InChI is InChI=1S/C10H18O2/c1-7(9(3)11)6-10-5-4-8(2)12-10/h7-8,10H,4-6H2,1-3H3. The van der Waals surface area contributed by atoms with Crippen molar-refractivity contribution >= 4 is 5.78 Å². The highest BCUT2D eigenvalue weighted by Crippen LogP contribution is 2.24. The third-order valence-electron chi connectivity index (χ3n) is 2.63. The molecule has 0 aromatic heterocycles. The predicted molar refractivity (Wildman–Crippen MR) is 48.0 cm³/mol. The summed E-state index contributed by atoms with van der Waals surface area (Å²) in [6.45, 7) is 5.73. The topological polar surface area (TPSA) is 26.3 Å². The van der Waals surface area contributed by atoms with Crippen molar-refractivity contribution in [3.05, 3.63) is 0 Å². The lowest BCUT2D eigenvalue weighted by molar-refractivity contribution is -0.121. The van der Waals surface area contributed by atoms with Crippen LogP contribution in [0, 0.1) is 5.92 Å². The predicted octanol–water partition coefficient (Wildman–Crippen LogP) is 2.17. The minimum atomic E-state index is 0.167. The highest BCUT2D eigenvalue weighted by molar-refractivity contribution is 5.77. The monoisotopic (exact) mass is 170 g/mol. The van der Waals surface area contributed by atoms with Gasteiger partial charge in [-0.15, -0.1) is 0 Å². The Labute approximate surface area is 74.3 Å². The Bertz CT molecular complexity index is 165. The number of ether oxygens (including phenoxy) is 1. The smallest absolute Gasteiger partial charge is 0.132 e. The zero-order valence-corrected chi connectivity index (χ0v) is 8.17. The Morgan fingerprint density at radius 2 is 2.25 bits per heavy atom. The molecule has 1 aliphatic rings. The van der Waals surface area contributed by atoms with Gasteiger partial charge in [0.15, 0.2) is 0 Å². The molecule has 3 unspecified atom stereocenters. The Balaban J connectivity index is 2.27. The van der Waals surface area contributed by atoms with E-state index in [-0.39, 0.29) is 11.7 Å². The van der Waals surface area contributed by atoms with Crippen LogP contribution in [0.5, 0.6) is 0 Å². The van der Waals surface area contributed by atoms with Crippen molar-refractivity contribution in [3.63, 3.8) is 0 Å². The SMILES string of the molecule is CC(=O)C(C)CC1CCC(C)O1. The molecule has 1 rings (SSSR count). The van der Waals surface area contributed by atoms with Crippen LogP contribution in [0.1, 0.15) is 40.0 Å². The van der Waals surface area contributed by atoms with Crippen LogP contribution in [-0.2, 0) is 9.53 Å². The molecule has 0 bridgehead atoms. The molecule has 1 aliphatic heterocycles. The molecule has 0 radical (unpaired) electrons. The van der Waals surface area contributed by atoms with Crippen molar-refractivity contribution in [3.8, 4) is 0 Å². The zero-order chi connectivity index (χ0) is 9.14. The molecule has 0 aromatic carbocycles. The Hall–Kier alpha value is -0.370. The largest absolute Gasteiger partial charge is 0.375 e. The van der Waals surface area contributed by atoms with Crippen LogP contribution in [-0.4, -0.2) is 18.0 Å². The Morgan fingerprint density at radius 1 is 1.58 bits per heavy atom. The van der Waals surface area contributed by atoms with E-state index in [9.17, 15) is 4.79 Å². The first-order valence-electron chi connectivity index (χ1n) is 4.75. The van der Waals surface area contributed by atoms with Gasteiger partial charge in [-0.3, -0.25) is 4.79 Å². The molecule has 0 spiro atoms. The van der Waals surface area contributed by atoms with Gasteiger partial charge in [0.05, 0.1) is 12.2 Å². The van der Waals surface area contributed by atoms with E-state index in [2.05, 4.69) is 6.92 Å². The second-order valence-corrected chi connectivity index (χ2v) is 3.89. The van der Waals surface area contributed by atoms with Crippen LogP contribution in [0.3, 0.4) is 0 Å². The number of hydrogen-bond donors (Lipinski definition) is 0. The van der Waals surface area contributed by atoms with E-state index in [1.165, 1.54) is 0 Å². The average Bonchev–Trinajstić information content (AvgIpc) is 2.35. The molecule has 3 atom stereocenters. The Morgan fingerprint density at radius 3 is 2.67 bits per heavy atom. The second-order valence-electron chi connectivity index (χ2n) is 3.89. The van der Waals surface area contributed by atoms with Crippen LogP contribution in [0.2, 0.25) is 0 Å². The summed E-state index contributed by atoms with van der Waals surface area (Å²) >= 11 is 0. The van der Waals surface area contributed by atoms with E-state index in [0.29, 0.717) is 12.2 Å². The van der Waals surface area contributed by atoms with E-state index >= 15 is 0 Å². The van der Waals surface area contributed by atoms with Gasteiger partial charge in [-0.05, 0) is 33.1 Å². The van der Waals surface area contributed by atoms with E-state index in [1.807, 2.05) is 6.92 Å². The number of hydrogen-bond acceptors (Lipinski definition) is 2. The normalized spacial score (nSPS) is 31.9. The first-order chi connectivity index (χ1) is 5.59. The summed E-state index contributed by atoms with van der Waals surface area (Å²) in [5.74, 6) is 0.443. The minimum Gasteiger partial charge on any atom is -0.375 e. The van der Waals surface area contributed by atoms with E-state index in [0.717, 1.165) is 19.3 Å². The van der Waals surface area contributed by atoms with Crippen LogP contribution in [0.15, 0.2) is 0 Å². The van der Waals surface area contributed by atoms with Crippen molar-refractivity contribution in [2.45, 2.75) is 52.2 Å². The maximum atomic E-state index is 11.0. The van der Waals surface area contributed by atoms with Gasteiger partial charge in [0.1, 0.15) is 5.78 Å². The van der Waals surface area contributed by atoms with Crippen molar-refractivity contribution in [2.24, 2.45) is 5.92 Å². The van der Waals surface area contributed by atoms with Gasteiger partial charge in [-0.25, -0.2) is 0 Å². The summed E-state index contributed by atoms with van der Waals surface area (Å²) in [5.41, 5.74) is 0. The quantitative estimate of drug-likeness (QED) is 0.649. The maximum Gasteiger partial charge on any atom is 0.132 e. The van der Waals surface area contributed by atoms with Crippen LogP contribution in [0.4, 0.5) is 0 Å². The summed E-state index contributed by atoms with van der Waals surface area (Å²) in [6, 6.07) is 0. The molecule has 1 fully saturated rings. The fourth-order valence-electron chi connectivity index (χ4n) is 1.62. The molecule has 2 heteroatoms. The number of ketones is 1. The fraction of sp³-hybridized carbons (Fsp3) is 0.900. The molecule has 1 heterocycles. The lowest BCUT2D eigenvalue weighted by Gasteiger charge is -2.14. The van der Waals surface area contributed by atoms with Gasteiger partial charge in [0.25, 0.3) is 0 Å². The maximum absolute atomic E-state index is 11.0. The molecular weight excluding hydrogens is 152 g/mol.